The zero-order chi connectivity index (χ0) is 19.9. The Bertz CT molecular complexity index is 1170. The van der Waals surface area contributed by atoms with Gasteiger partial charge in [0.1, 0.15) is 11.3 Å². The van der Waals surface area contributed by atoms with Gasteiger partial charge in [-0.2, -0.15) is 13.2 Å². The minimum atomic E-state index is -4.51. The lowest BCUT2D eigenvalue weighted by Crippen LogP contribution is -2.16. The molecule has 0 saturated heterocycles. The number of hydrogen-bond acceptors (Lipinski definition) is 4. The van der Waals surface area contributed by atoms with E-state index in [1.165, 1.54) is 17.4 Å². The molecular formula is C19H13F3N4OS. The predicted octanol–water partition coefficient (Wildman–Crippen LogP) is 5.04. The quantitative estimate of drug-likeness (QED) is 0.522. The van der Waals surface area contributed by atoms with Crippen LogP contribution in [0, 0.1) is 6.92 Å². The molecule has 0 spiro atoms. The summed E-state index contributed by atoms with van der Waals surface area (Å²) in [7, 11) is 0. The third kappa shape index (κ3) is 3.36. The monoisotopic (exact) mass is 402 g/mol. The van der Waals surface area contributed by atoms with Crippen LogP contribution in [0.1, 0.15) is 21.7 Å². The lowest BCUT2D eigenvalue weighted by atomic mass is 10.2. The maximum absolute atomic E-state index is 13.0. The Morgan fingerprint density at radius 1 is 1.11 bits per heavy atom. The summed E-state index contributed by atoms with van der Waals surface area (Å²) < 4.78 is 40.2. The number of aromatic nitrogens is 3. The molecule has 3 heterocycles. The normalized spacial score (nSPS) is 11.7. The molecule has 0 fully saturated rings. The summed E-state index contributed by atoms with van der Waals surface area (Å²) in [6.45, 7) is 1.58. The molecule has 0 aliphatic rings. The van der Waals surface area contributed by atoms with E-state index in [-0.39, 0.29) is 11.3 Å². The van der Waals surface area contributed by atoms with Gasteiger partial charge in [-0.1, -0.05) is 30.3 Å². The molecule has 142 valence electrons. The molecule has 4 aromatic rings. The number of carbonyl (C=O) groups excluding carboxylic acids is 1. The number of thiazole rings is 1. The van der Waals surface area contributed by atoms with Crippen LogP contribution in [0.15, 0.2) is 54.0 Å². The number of hydrogen-bond donors (Lipinski definition) is 1. The van der Waals surface area contributed by atoms with Gasteiger partial charge in [0, 0.05) is 17.1 Å². The third-order valence-electron chi connectivity index (χ3n) is 4.13. The molecule has 9 heteroatoms. The molecule has 4 rings (SSSR count). The van der Waals surface area contributed by atoms with E-state index in [4.69, 9.17) is 0 Å². The van der Waals surface area contributed by atoms with Gasteiger partial charge in [0.2, 0.25) is 0 Å². The molecule has 5 nitrogen and oxygen atoms in total. The molecule has 0 atom stereocenters. The molecule has 3 aromatic heterocycles. The van der Waals surface area contributed by atoms with E-state index < -0.39 is 17.6 Å². The van der Waals surface area contributed by atoms with Crippen molar-refractivity contribution in [2.75, 3.05) is 5.32 Å². The molecule has 1 amide bonds. The van der Waals surface area contributed by atoms with Gasteiger partial charge < -0.3 is 0 Å². The highest BCUT2D eigenvalue weighted by Gasteiger charge is 2.31. The molecule has 0 radical (unpaired) electrons. The van der Waals surface area contributed by atoms with Gasteiger partial charge in [-0.05, 0) is 19.1 Å². The molecule has 0 bridgehead atoms. The minimum absolute atomic E-state index is 0.0394. The van der Waals surface area contributed by atoms with Crippen LogP contribution in [0.5, 0.6) is 0 Å². The Morgan fingerprint density at radius 2 is 1.86 bits per heavy atom. The van der Waals surface area contributed by atoms with Crippen molar-refractivity contribution in [1.29, 1.82) is 0 Å². The Labute approximate surface area is 161 Å². The predicted molar refractivity (Wildman–Crippen MR) is 100 cm³/mol. The smallest absolute Gasteiger partial charge is 0.296 e. The van der Waals surface area contributed by atoms with E-state index in [2.05, 4.69) is 15.3 Å². The summed E-state index contributed by atoms with van der Waals surface area (Å²) in [4.78, 5) is 21.3. The van der Waals surface area contributed by atoms with Crippen molar-refractivity contribution in [3.05, 3.63) is 71.0 Å². The second-order valence-corrected chi connectivity index (χ2v) is 6.91. The topological polar surface area (TPSA) is 59.3 Å². The van der Waals surface area contributed by atoms with Crippen LogP contribution in [0.4, 0.5) is 18.3 Å². The number of aryl methyl sites for hydroxylation is 1. The fourth-order valence-corrected chi connectivity index (χ4v) is 3.55. The number of carbonyl (C=O) groups is 1. The standard InChI is InChI=1S/C19H13F3N4OS/c1-11-16(26-9-13(19(20,21)22)7-8-15(26)23-11)17(27)25-18-24-14(10-28-18)12-5-3-2-4-6-12/h2-10H,1H3,(H,24,25,27). The first-order chi connectivity index (χ1) is 13.3. The van der Waals surface area contributed by atoms with E-state index in [1.54, 1.807) is 12.3 Å². The lowest BCUT2D eigenvalue weighted by molar-refractivity contribution is -0.137. The minimum Gasteiger partial charge on any atom is -0.296 e. The zero-order valence-corrected chi connectivity index (χ0v) is 15.3. The highest BCUT2D eigenvalue weighted by Crippen LogP contribution is 2.30. The van der Waals surface area contributed by atoms with E-state index in [0.29, 0.717) is 16.5 Å². The number of benzene rings is 1. The Hall–Kier alpha value is -3.20. The van der Waals surface area contributed by atoms with Crippen LogP contribution in [0.2, 0.25) is 0 Å². The number of nitrogens with one attached hydrogen (secondary N) is 1. The van der Waals surface area contributed by atoms with Gasteiger partial charge in [-0.3, -0.25) is 14.5 Å². The van der Waals surface area contributed by atoms with Crippen molar-refractivity contribution in [2.24, 2.45) is 0 Å². The van der Waals surface area contributed by atoms with E-state index in [0.717, 1.165) is 22.2 Å². The van der Waals surface area contributed by atoms with Crippen LogP contribution in [0.25, 0.3) is 16.9 Å². The van der Waals surface area contributed by atoms with Gasteiger partial charge in [-0.15, -0.1) is 11.3 Å². The number of imidazole rings is 1. The number of halogens is 3. The SMILES string of the molecule is Cc1nc2ccc(C(F)(F)F)cn2c1C(=O)Nc1nc(-c2ccccc2)cs1. The molecular weight excluding hydrogens is 389 g/mol. The third-order valence-corrected chi connectivity index (χ3v) is 4.89. The number of nitrogens with zero attached hydrogens (tertiary/aromatic N) is 3. The average molecular weight is 402 g/mol. The van der Waals surface area contributed by atoms with E-state index in [1.807, 2.05) is 30.3 Å². The maximum atomic E-state index is 13.0. The first kappa shape index (κ1) is 18.2. The second-order valence-electron chi connectivity index (χ2n) is 6.05. The highest BCUT2D eigenvalue weighted by molar-refractivity contribution is 7.14. The van der Waals surface area contributed by atoms with Crippen molar-refractivity contribution in [1.82, 2.24) is 14.4 Å². The zero-order valence-electron chi connectivity index (χ0n) is 14.5. The number of amides is 1. The van der Waals surface area contributed by atoms with Crippen molar-refractivity contribution in [3.8, 4) is 11.3 Å². The Morgan fingerprint density at radius 3 is 2.57 bits per heavy atom. The van der Waals surface area contributed by atoms with Crippen LogP contribution in [-0.2, 0) is 6.18 Å². The van der Waals surface area contributed by atoms with Crippen molar-refractivity contribution >= 4 is 28.0 Å². The Kier molecular flexibility index (Phi) is 4.38. The largest absolute Gasteiger partial charge is 0.417 e. The summed E-state index contributed by atoms with van der Waals surface area (Å²) in [5.74, 6) is -0.571. The number of fused-ring (bicyclic) bond motifs is 1. The van der Waals surface area contributed by atoms with Crippen molar-refractivity contribution < 1.29 is 18.0 Å². The van der Waals surface area contributed by atoms with Crippen LogP contribution in [0.3, 0.4) is 0 Å². The number of rotatable bonds is 3. The molecule has 28 heavy (non-hydrogen) atoms. The van der Waals surface area contributed by atoms with Gasteiger partial charge >= 0.3 is 6.18 Å². The summed E-state index contributed by atoms with van der Waals surface area (Å²) in [5.41, 5.74) is 1.39. The van der Waals surface area contributed by atoms with Gasteiger partial charge in [0.15, 0.2) is 5.13 Å². The maximum Gasteiger partial charge on any atom is 0.417 e. The molecule has 1 N–H and O–H groups in total. The summed E-state index contributed by atoms with van der Waals surface area (Å²) in [6, 6.07) is 11.6. The first-order valence-electron chi connectivity index (χ1n) is 8.21. The summed E-state index contributed by atoms with van der Waals surface area (Å²) >= 11 is 1.24. The molecule has 0 aliphatic carbocycles. The molecule has 1 aromatic carbocycles. The van der Waals surface area contributed by atoms with Crippen molar-refractivity contribution in [2.45, 2.75) is 13.1 Å². The lowest BCUT2D eigenvalue weighted by Gasteiger charge is -2.08. The molecule has 0 aliphatic heterocycles. The number of pyridine rings is 1. The van der Waals surface area contributed by atoms with Crippen molar-refractivity contribution in [3.63, 3.8) is 0 Å². The molecule has 0 saturated carbocycles. The average Bonchev–Trinajstić information content (AvgIpc) is 3.24. The Balaban J connectivity index is 1.66. The van der Waals surface area contributed by atoms with Crippen LogP contribution < -0.4 is 5.32 Å². The van der Waals surface area contributed by atoms with E-state index in [9.17, 15) is 18.0 Å². The van der Waals surface area contributed by atoms with Gasteiger partial charge in [0.05, 0.1) is 17.0 Å². The summed E-state index contributed by atoms with van der Waals surface area (Å²) in [5, 5.41) is 4.80. The van der Waals surface area contributed by atoms with Gasteiger partial charge in [-0.25, -0.2) is 9.97 Å². The van der Waals surface area contributed by atoms with Crippen LogP contribution in [-0.4, -0.2) is 20.3 Å². The fourth-order valence-electron chi connectivity index (χ4n) is 2.83. The fraction of sp³-hybridized carbons (Fsp3) is 0.105. The van der Waals surface area contributed by atoms with E-state index >= 15 is 0 Å². The summed E-state index contributed by atoms with van der Waals surface area (Å²) in [6.07, 6.45) is -3.64. The van der Waals surface area contributed by atoms with Crippen LogP contribution >= 0.6 is 11.3 Å². The second kappa shape index (κ2) is 6.75. The first-order valence-corrected chi connectivity index (χ1v) is 9.09. The highest BCUT2D eigenvalue weighted by atomic mass is 32.1. The van der Waals surface area contributed by atoms with Gasteiger partial charge in [0.25, 0.3) is 5.91 Å². The number of alkyl halides is 3. The number of anilines is 1. The molecule has 0 unspecified atom stereocenters.